The van der Waals surface area contributed by atoms with Crippen LogP contribution in [0.1, 0.15) is 0 Å². The van der Waals surface area contributed by atoms with E-state index in [-0.39, 0.29) is 0 Å². The molecule has 0 amide bonds. The van der Waals surface area contributed by atoms with Crippen molar-refractivity contribution in [1.29, 1.82) is 0 Å². The molecule has 0 aliphatic rings. The monoisotopic (exact) mass is 718 g/mol. The average molecular weight is 719 g/mol. The van der Waals surface area contributed by atoms with Crippen molar-refractivity contribution in [3.8, 4) is 33.4 Å². The minimum absolute atomic E-state index is 1.23. The van der Waals surface area contributed by atoms with Gasteiger partial charge in [0.25, 0.3) is 0 Å². The van der Waals surface area contributed by atoms with E-state index in [0.717, 1.165) is 0 Å². The Morgan fingerprint density at radius 1 is 0.259 bits per heavy atom. The Morgan fingerprint density at radius 3 is 1.61 bits per heavy atom. The maximum Gasteiger partial charge on any atom is 0.0433 e. The van der Waals surface area contributed by atoms with Gasteiger partial charge in [-0.1, -0.05) is 158 Å². The highest BCUT2D eigenvalue weighted by Crippen LogP contribution is 2.47. The van der Waals surface area contributed by atoms with Gasteiger partial charge in [0.1, 0.15) is 0 Å². The van der Waals surface area contributed by atoms with Crippen LogP contribution in [0.25, 0.3) is 117 Å². The second-order valence-electron chi connectivity index (χ2n) is 14.4. The van der Waals surface area contributed by atoms with Crippen LogP contribution < -0.4 is 0 Å². The molecule has 0 aliphatic heterocycles. The third kappa shape index (κ3) is 4.42. The van der Waals surface area contributed by atoms with E-state index in [0.29, 0.717) is 0 Å². The lowest BCUT2D eigenvalue weighted by Crippen LogP contribution is -1.91. The Morgan fingerprint density at radius 2 is 0.833 bits per heavy atom. The molecule has 0 saturated heterocycles. The lowest BCUT2D eigenvalue weighted by Gasteiger charge is -2.19. The van der Waals surface area contributed by atoms with E-state index in [9.17, 15) is 0 Å². The molecule has 54 heavy (non-hydrogen) atoms. The molecule has 0 nitrogen and oxygen atoms in total. The molecule has 0 N–H and O–H groups in total. The molecular formula is C52H30S2. The highest BCUT2D eigenvalue weighted by Gasteiger charge is 2.18. The van der Waals surface area contributed by atoms with Gasteiger partial charge in [0.05, 0.1) is 0 Å². The van der Waals surface area contributed by atoms with Crippen LogP contribution >= 0.6 is 22.7 Å². The van der Waals surface area contributed by atoms with Crippen molar-refractivity contribution in [3.05, 3.63) is 182 Å². The molecule has 0 atom stereocenters. The van der Waals surface area contributed by atoms with Gasteiger partial charge >= 0.3 is 0 Å². The summed E-state index contributed by atoms with van der Waals surface area (Å²) in [5.41, 5.74) is 7.56. The van der Waals surface area contributed by atoms with Crippen LogP contribution in [-0.2, 0) is 0 Å². The summed E-state index contributed by atoms with van der Waals surface area (Å²) < 4.78 is 5.46. The SMILES string of the molecule is c1ccc2c(-c3c4ccccc4c(-c4ccc(-c5ccc6c(ccc7c8cc9c(cc8sc67)sc6ccccc69)c5)cc4)c4ccccc34)cccc2c1. The Hall–Kier alpha value is -6.32. The van der Waals surface area contributed by atoms with E-state index in [1.165, 1.54) is 117 Å². The average Bonchev–Trinajstić information content (AvgIpc) is 3.79. The summed E-state index contributed by atoms with van der Waals surface area (Å²) in [5.74, 6) is 0. The van der Waals surface area contributed by atoms with E-state index in [2.05, 4.69) is 182 Å². The minimum Gasteiger partial charge on any atom is -0.135 e. The predicted octanol–water partition coefficient (Wildman–Crippen LogP) is 16.0. The third-order valence-electron chi connectivity index (χ3n) is 11.4. The van der Waals surface area contributed by atoms with Gasteiger partial charge in [0.15, 0.2) is 0 Å². The summed E-state index contributed by atoms with van der Waals surface area (Å²) in [7, 11) is 0. The van der Waals surface area contributed by atoms with E-state index < -0.39 is 0 Å². The smallest absolute Gasteiger partial charge is 0.0433 e. The summed E-state index contributed by atoms with van der Waals surface area (Å²) in [6.45, 7) is 0. The first-order chi connectivity index (χ1) is 26.8. The number of fused-ring (bicyclic) bond motifs is 11. The molecular weight excluding hydrogens is 689 g/mol. The molecule has 12 rings (SSSR count). The van der Waals surface area contributed by atoms with E-state index in [1.54, 1.807) is 0 Å². The maximum atomic E-state index is 2.42. The zero-order valence-electron chi connectivity index (χ0n) is 29.1. The first kappa shape index (κ1) is 30.2. The number of hydrogen-bond acceptors (Lipinski definition) is 2. The predicted molar refractivity (Wildman–Crippen MR) is 239 cm³/mol. The second kappa shape index (κ2) is 11.6. The van der Waals surface area contributed by atoms with Gasteiger partial charge in [-0.25, -0.2) is 0 Å². The van der Waals surface area contributed by atoms with Gasteiger partial charge in [0.2, 0.25) is 0 Å². The van der Waals surface area contributed by atoms with E-state index in [1.807, 2.05) is 22.7 Å². The zero-order valence-corrected chi connectivity index (χ0v) is 30.8. The summed E-state index contributed by atoms with van der Waals surface area (Å²) in [6, 6.07) is 67.8. The normalized spacial score (nSPS) is 12.1. The van der Waals surface area contributed by atoms with Gasteiger partial charge < -0.3 is 0 Å². The molecule has 0 fully saturated rings. The fourth-order valence-electron chi connectivity index (χ4n) is 8.96. The molecule has 2 heteroatoms. The lowest BCUT2D eigenvalue weighted by atomic mass is 9.84. The molecule has 0 radical (unpaired) electrons. The largest absolute Gasteiger partial charge is 0.135 e. The standard InChI is InChI=1S/C52H30S2/c1-2-12-36-32(10-1)11-9-18-39(36)51-42-16-5-3-14-40(42)50(41-15-4-6-17-43(41)51)33-22-20-31(21-23-33)34-24-26-37-35(28-34)25-27-44-46-29-45-38-13-7-8-19-47(38)53-48(45)30-49(46)54-52(37)44/h1-30H. The molecule has 10 aromatic carbocycles. The summed E-state index contributed by atoms with van der Waals surface area (Å²) >= 11 is 3.82. The molecule has 0 spiro atoms. The quantitative estimate of drug-likeness (QED) is 0.160. The molecule has 12 aromatic rings. The summed E-state index contributed by atoms with van der Waals surface area (Å²) in [4.78, 5) is 0. The number of hydrogen-bond donors (Lipinski definition) is 0. The van der Waals surface area contributed by atoms with Crippen molar-refractivity contribution in [3.63, 3.8) is 0 Å². The Kier molecular flexibility index (Phi) is 6.48. The van der Waals surface area contributed by atoms with Gasteiger partial charge in [0, 0.05) is 40.3 Å². The first-order valence-corrected chi connectivity index (χ1v) is 20.1. The number of rotatable bonds is 3. The first-order valence-electron chi connectivity index (χ1n) is 18.5. The topological polar surface area (TPSA) is 0 Å². The van der Waals surface area contributed by atoms with Crippen molar-refractivity contribution in [2.75, 3.05) is 0 Å². The van der Waals surface area contributed by atoms with Crippen LogP contribution in [0.5, 0.6) is 0 Å². The Labute approximate surface area is 319 Å². The second-order valence-corrected chi connectivity index (χ2v) is 16.5. The van der Waals surface area contributed by atoms with Crippen LogP contribution in [0.4, 0.5) is 0 Å². The molecule has 2 aromatic heterocycles. The van der Waals surface area contributed by atoms with Crippen LogP contribution in [0.3, 0.4) is 0 Å². The number of benzene rings is 10. The van der Waals surface area contributed by atoms with Gasteiger partial charge in [-0.15, -0.1) is 22.7 Å². The number of thiophene rings is 2. The zero-order chi connectivity index (χ0) is 35.3. The molecule has 2 heterocycles. The molecule has 0 saturated carbocycles. The molecule has 0 unspecified atom stereocenters. The highest BCUT2D eigenvalue weighted by atomic mass is 32.1. The van der Waals surface area contributed by atoms with Crippen LogP contribution in [0, 0.1) is 0 Å². The summed E-state index contributed by atoms with van der Waals surface area (Å²) in [5, 5.41) is 15.7. The van der Waals surface area contributed by atoms with Crippen LogP contribution in [-0.4, -0.2) is 0 Å². The molecule has 0 aliphatic carbocycles. The fraction of sp³-hybridized carbons (Fsp3) is 0. The summed E-state index contributed by atoms with van der Waals surface area (Å²) in [6.07, 6.45) is 0. The third-order valence-corrected chi connectivity index (χ3v) is 13.8. The van der Waals surface area contributed by atoms with Gasteiger partial charge in [-0.3, -0.25) is 0 Å². The lowest BCUT2D eigenvalue weighted by molar-refractivity contribution is 1.63. The fourth-order valence-corrected chi connectivity index (χ4v) is 11.4. The maximum absolute atomic E-state index is 2.42. The van der Waals surface area contributed by atoms with Crippen LogP contribution in [0.2, 0.25) is 0 Å². The highest BCUT2D eigenvalue weighted by molar-refractivity contribution is 7.28. The molecule has 0 bridgehead atoms. The Balaban J connectivity index is 0.974. The van der Waals surface area contributed by atoms with Crippen molar-refractivity contribution < 1.29 is 0 Å². The minimum atomic E-state index is 1.23. The van der Waals surface area contributed by atoms with E-state index >= 15 is 0 Å². The molecule has 250 valence electrons. The van der Waals surface area contributed by atoms with Gasteiger partial charge in [-0.2, -0.15) is 0 Å². The van der Waals surface area contributed by atoms with Crippen molar-refractivity contribution >= 4 is 106 Å². The van der Waals surface area contributed by atoms with E-state index in [4.69, 9.17) is 0 Å². The Bertz CT molecular complexity index is 3430. The van der Waals surface area contributed by atoms with Gasteiger partial charge in [-0.05, 0) is 101 Å². The van der Waals surface area contributed by atoms with Crippen LogP contribution in [0.15, 0.2) is 182 Å². The van der Waals surface area contributed by atoms with Crippen molar-refractivity contribution in [2.24, 2.45) is 0 Å². The van der Waals surface area contributed by atoms with Crippen molar-refractivity contribution in [2.45, 2.75) is 0 Å². The van der Waals surface area contributed by atoms with Crippen molar-refractivity contribution in [1.82, 2.24) is 0 Å².